The lowest BCUT2D eigenvalue weighted by Crippen LogP contribution is -2.29. The molecule has 5 heteroatoms. The molecule has 0 spiro atoms. The minimum absolute atomic E-state index is 0.674. The molecule has 0 aliphatic heterocycles. The molecule has 1 heterocycles. The van der Waals surface area contributed by atoms with Crippen LogP contribution >= 0.6 is 11.6 Å². The van der Waals surface area contributed by atoms with Crippen LogP contribution < -0.4 is 10.2 Å². The van der Waals surface area contributed by atoms with Gasteiger partial charge in [-0.3, -0.25) is 0 Å². The average Bonchev–Trinajstić information content (AvgIpc) is 3.19. The molecule has 19 heavy (non-hydrogen) atoms. The molecule has 0 unspecified atom stereocenters. The molecule has 1 aromatic rings. The molecule has 0 amide bonds. The summed E-state index contributed by atoms with van der Waals surface area (Å²) in [6.45, 7) is 2.73. The predicted octanol–water partition coefficient (Wildman–Crippen LogP) is 1.98. The van der Waals surface area contributed by atoms with Gasteiger partial charge in [-0.25, -0.2) is 4.98 Å². The van der Waals surface area contributed by atoms with Gasteiger partial charge >= 0.3 is 0 Å². The monoisotopic (exact) mass is 282 g/mol. The Kier molecular flexibility index (Phi) is 5.02. The second kappa shape index (κ2) is 6.55. The van der Waals surface area contributed by atoms with Crippen molar-refractivity contribution in [3.05, 3.63) is 22.8 Å². The lowest BCUT2D eigenvalue weighted by molar-refractivity contribution is 0.416. The van der Waals surface area contributed by atoms with Gasteiger partial charge in [0.25, 0.3) is 0 Å². The van der Waals surface area contributed by atoms with Gasteiger partial charge in [-0.1, -0.05) is 11.6 Å². The lowest BCUT2D eigenvalue weighted by atomic mass is 10.3. The Labute approximate surface area is 120 Å². The lowest BCUT2D eigenvalue weighted by Gasteiger charge is -2.21. The van der Waals surface area contributed by atoms with Gasteiger partial charge in [0, 0.05) is 32.7 Å². The zero-order valence-corrected chi connectivity index (χ0v) is 12.7. The Balaban J connectivity index is 1.97. The van der Waals surface area contributed by atoms with Crippen molar-refractivity contribution in [3.8, 4) is 0 Å². The van der Waals surface area contributed by atoms with Crippen molar-refractivity contribution >= 4 is 17.4 Å². The standard InChI is InChI=1S/C14H23ClN4/c1-18(2)8-9-19(3)14-7-6-12(15)13(17-14)10-16-11-4-5-11/h6-7,11,16H,4-5,8-10H2,1-3H3. The fraction of sp³-hybridized carbons (Fsp3) is 0.643. The highest BCUT2D eigenvalue weighted by Crippen LogP contribution is 2.22. The van der Waals surface area contributed by atoms with E-state index in [-0.39, 0.29) is 0 Å². The highest BCUT2D eigenvalue weighted by atomic mass is 35.5. The molecule has 0 radical (unpaired) electrons. The molecule has 2 rings (SSSR count). The molecule has 106 valence electrons. The van der Waals surface area contributed by atoms with Gasteiger partial charge in [-0.15, -0.1) is 0 Å². The van der Waals surface area contributed by atoms with Gasteiger partial charge in [0.15, 0.2) is 0 Å². The minimum atomic E-state index is 0.674. The molecule has 1 N–H and O–H groups in total. The zero-order valence-electron chi connectivity index (χ0n) is 12.0. The number of hydrogen-bond donors (Lipinski definition) is 1. The predicted molar refractivity (Wildman–Crippen MR) is 80.9 cm³/mol. The normalized spacial score (nSPS) is 15.0. The van der Waals surface area contributed by atoms with E-state index in [1.807, 2.05) is 12.1 Å². The smallest absolute Gasteiger partial charge is 0.128 e. The Bertz CT molecular complexity index is 418. The summed E-state index contributed by atoms with van der Waals surface area (Å²) in [6, 6.07) is 4.60. The highest BCUT2D eigenvalue weighted by Gasteiger charge is 2.20. The number of nitrogens with zero attached hydrogens (tertiary/aromatic N) is 3. The Morgan fingerprint density at radius 3 is 2.63 bits per heavy atom. The molecule has 1 aliphatic carbocycles. The summed E-state index contributed by atoms with van der Waals surface area (Å²) in [5, 5.41) is 4.20. The van der Waals surface area contributed by atoms with Crippen LogP contribution in [0.15, 0.2) is 12.1 Å². The van der Waals surface area contributed by atoms with Crippen molar-refractivity contribution in [3.63, 3.8) is 0 Å². The first-order valence-electron chi connectivity index (χ1n) is 6.81. The van der Waals surface area contributed by atoms with E-state index in [2.05, 4.69) is 41.2 Å². The van der Waals surface area contributed by atoms with Crippen LogP contribution in [0.5, 0.6) is 0 Å². The van der Waals surface area contributed by atoms with Crippen LogP contribution in [0, 0.1) is 0 Å². The molecule has 1 aliphatic rings. The van der Waals surface area contributed by atoms with Crippen LogP contribution in [0.2, 0.25) is 5.02 Å². The summed E-state index contributed by atoms with van der Waals surface area (Å²) in [4.78, 5) is 9.00. The van der Waals surface area contributed by atoms with Gasteiger partial charge in [0.05, 0.1) is 10.7 Å². The average molecular weight is 283 g/mol. The Morgan fingerprint density at radius 1 is 1.26 bits per heavy atom. The minimum Gasteiger partial charge on any atom is -0.358 e. The molecule has 1 fully saturated rings. The van der Waals surface area contributed by atoms with E-state index in [1.54, 1.807) is 0 Å². The Morgan fingerprint density at radius 2 is 2.00 bits per heavy atom. The van der Waals surface area contributed by atoms with Gasteiger partial charge in [0.2, 0.25) is 0 Å². The maximum absolute atomic E-state index is 6.20. The van der Waals surface area contributed by atoms with E-state index < -0.39 is 0 Å². The van der Waals surface area contributed by atoms with Crippen molar-refractivity contribution in [2.24, 2.45) is 0 Å². The van der Waals surface area contributed by atoms with Gasteiger partial charge < -0.3 is 15.1 Å². The van der Waals surface area contributed by atoms with E-state index in [0.29, 0.717) is 6.04 Å². The first kappa shape index (κ1) is 14.6. The number of pyridine rings is 1. The number of nitrogens with one attached hydrogen (secondary N) is 1. The van der Waals surface area contributed by atoms with Crippen LogP contribution in [-0.4, -0.2) is 50.2 Å². The molecule has 1 aromatic heterocycles. The Hall–Kier alpha value is -0.840. The van der Waals surface area contributed by atoms with Crippen molar-refractivity contribution < 1.29 is 0 Å². The molecular weight excluding hydrogens is 260 g/mol. The maximum atomic E-state index is 6.20. The summed E-state index contributed by atoms with van der Waals surface area (Å²) in [5.74, 6) is 0.985. The highest BCUT2D eigenvalue weighted by molar-refractivity contribution is 6.31. The van der Waals surface area contributed by atoms with E-state index in [0.717, 1.165) is 36.2 Å². The van der Waals surface area contributed by atoms with Crippen molar-refractivity contribution in [2.45, 2.75) is 25.4 Å². The number of halogens is 1. The van der Waals surface area contributed by atoms with E-state index in [9.17, 15) is 0 Å². The van der Waals surface area contributed by atoms with Crippen LogP contribution in [0.25, 0.3) is 0 Å². The number of aromatic nitrogens is 1. The third kappa shape index (κ3) is 4.64. The first-order valence-corrected chi connectivity index (χ1v) is 7.18. The molecule has 0 bridgehead atoms. The van der Waals surface area contributed by atoms with Gasteiger partial charge in [-0.2, -0.15) is 0 Å². The fourth-order valence-electron chi connectivity index (χ4n) is 1.80. The van der Waals surface area contributed by atoms with Crippen LogP contribution in [0.4, 0.5) is 5.82 Å². The van der Waals surface area contributed by atoms with E-state index in [4.69, 9.17) is 11.6 Å². The van der Waals surface area contributed by atoms with E-state index in [1.165, 1.54) is 12.8 Å². The van der Waals surface area contributed by atoms with Crippen LogP contribution in [0.3, 0.4) is 0 Å². The second-order valence-corrected chi connectivity index (χ2v) is 5.89. The van der Waals surface area contributed by atoms with Crippen LogP contribution in [0.1, 0.15) is 18.5 Å². The first-order chi connectivity index (χ1) is 9.06. The fourth-order valence-corrected chi connectivity index (χ4v) is 1.97. The number of anilines is 1. The number of hydrogen-bond acceptors (Lipinski definition) is 4. The van der Waals surface area contributed by atoms with E-state index >= 15 is 0 Å². The summed E-state index contributed by atoms with van der Waals surface area (Å²) in [7, 11) is 6.22. The van der Waals surface area contributed by atoms with Crippen molar-refractivity contribution in [1.82, 2.24) is 15.2 Å². The van der Waals surface area contributed by atoms with Gasteiger partial charge in [0.1, 0.15) is 5.82 Å². The van der Waals surface area contributed by atoms with Crippen molar-refractivity contribution in [1.29, 1.82) is 0 Å². The topological polar surface area (TPSA) is 31.4 Å². The molecule has 0 aromatic carbocycles. The summed E-state index contributed by atoms with van der Waals surface area (Å²) < 4.78 is 0. The quantitative estimate of drug-likeness (QED) is 0.829. The molecule has 1 saturated carbocycles. The second-order valence-electron chi connectivity index (χ2n) is 5.48. The summed E-state index contributed by atoms with van der Waals surface area (Å²) in [6.07, 6.45) is 2.56. The zero-order chi connectivity index (χ0) is 13.8. The summed E-state index contributed by atoms with van der Waals surface area (Å²) in [5.41, 5.74) is 0.947. The third-order valence-corrected chi connectivity index (χ3v) is 3.66. The molecular formula is C14H23ClN4. The summed E-state index contributed by atoms with van der Waals surface area (Å²) >= 11 is 6.20. The number of likely N-dealkylation sites (N-methyl/N-ethyl adjacent to an activating group) is 2. The SMILES string of the molecule is CN(C)CCN(C)c1ccc(Cl)c(CNC2CC2)n1. The van der Waals surface area contributed by atoms with Gasteiger partial charge in [-0.05, 0) is 39.1 Å². The number of rotatable bonds is 7. The maximum Gasteiger partial charge on any atom is 0.128 e. The molecule has 0 atom stereocenters. The van der Waals surface area contributed by atoms with Crippen molar-refractivity contribution in [2.75, 3.05) is 39.1 Å². The van der Waals surface area contributed by atoms with Crippen LogP contribution in [-0.2, 0) is 6.54 Å². The molecule has 0 saturated heterocycles. The third-order valence-electron chi connectivity index (χ3n) is 3.31. The molecule has 4 nitrogen and oxygen atoms in total. The largest absolute Gasteiger partial charge is 0.358 e.